The van der Waals surface area contributed by atoms with Crippen molar-refractivity contribution in [1.82, 2.24) is 9.55 Å². The average Bonchev–Trinajstić information content (AvgIpc) is 2.76. The lowest BCUT2D eigenvalue weighted by Gasteiger charge is -2.13. The van der Waals surface area contributed by atoms with Crippen molar-refractivity contribution in [2.24, 2.45) is 5.73 Å². The first-order chi connectivity index (χ1) is 8.65. The number of fused-ring (bicyclic) bond motifs is 1. The molecule has 94 valence electrons. The van der Waals surface area contributed by atoms with Gasteiger partial charge in [0.2, 0.25) is 0 Å². The van der Waals surface area contributed by atoms with Gasteiger partial charge in [-0.25, -0.2) is 4.98 Å². The number of nitrogens with zero attached hydrogens (tertiary/aromatic N) is 2. The van der Waals surface area contributed by atoms with Gasteiger partial charge in [0, 0.05) is 12.1 Å². The van der Waals surface area contributed by atoms with Gasteiger partial charge in [-0.2, -0.15) is 0 Å². The van der Waals surface area contributed by atoms with Gasteiger partial charge in [-0.3, -0.25) is 9.36 Å². The van der Waals surface area contributed by atoms with Gasteiger partial charge in [0.05, 0.1) is 17.2 Å². The lowest BCUT2D eigenvalue weighted by atomic mass is 10.1. The maximum atomic E-state index is 12.4. The number of hydrogen-bond donors (Lipinski definition) is 1. The SMILES string of the molecule is Cc1ccc2c(=O)n([C@@H]3CC[C@@H](N)C3)cnc2c1. The molecule has 2 atom stereocenters. The first-order valence-corrected chi connectivity index (χ1v) is 6.38. The Bertz CT molecular complexity index is 647. The van der Waals surface area contributed by atoms with Gasteiger partial charge in [-0.1, -0.05) is 6.07 Å². The van der Waals surface area contributed by atoms with Gasteiger partial charge in [0.1, 0.15) is 0 Å². The number of aryl methyl sites for hydroxylation is 1. The highest BCUT2D eigenvalue weighted by molar-refractivity contribution is 5.77. The van der Waals surface area contributed by atoms with Crippen LogP contribution in [0.15, 0.2) is 29.3 Å². The molecule has 4 heteroatoms. The molecule has 0 spiro atoms. The zero-order chi connectivity index (χ0) is 12.7. The van der Waals surface area contributed by atoms with Crippen molar-refractivity contribution in [3.05, 3.63) is 40.4 Å². The molecular formula is C14H17N3O. The largest absolute Gasteiger partial charge is 0.328 e. The van der Waals surface area contributed by atoms with Crippen molar-refractivity contribution in [2.45, 2.75) is 38.3 Å². The molecule has 0 bridgehead atoms. The van der Waals surface area contributed by atoms with Crippen LogP contribution in [0, 0.1) is 6.92 Å². The first-order valence-electron chi connectivity index (χ1n) is 6.38. The topological polar surface area (TPSA) is 60.9 Å². The van der Waals surface area contributed by atoms with Crippen molar-refractivity contribution in [2.75, 3.05) is 0 Å². The molecule has 1 aliphatic rings. The van der Waals surface area contributed by atoms with E-state index >= 15 is 0 Å². The summed E-state index contributed by atoms with van der Waals surface area (Å²) >= 11 is 0. The van der Waals surface area contributed by atoms with Gasteiger partial charge in [-0.15, -0.1) is 0 Å². The zero-order valence-corrected chi connectivity index (χ0v) is 10.5. The predicted octanol–water partition coefficient (Wildman–Crippen LogP) is 1.76. The highest BCUT2D eigenvalue weighted by Gasteiger charge is 2.24. The van der Waals surface area contributed by atoms with E-state index in [0.29, 0.717) is 5.39 Å². The Kier molecular flexibility index (Phi) is 2.67. The average molecular weight is 243 g/mol. The van der Waals surface area contributed by atoms with E-state index in [4.69, 9.17) is 5.73 Å². The third-order valence-electron chi connectivity index (χ3n) is 3.78. The van der Waals surface area contributed by atoms with Gasteiger partial charge >= 0.3 is 0 Å². The molecule has 0 unspecified atom stereocenters. The van der Waals surface area contributed by atoms with Crippen LogP contribution < -0.4 is 11.3 Å². The fourth-order valence-corrected chi connectivity index (χ4v) is 2.75. The molecule has 1 fully saturated rings. The van der Waals surface area contributed by atoms with E-state index in [1.54, 1.807) is 10.9 Å². The van der Waals surface area contributed by atoms with Crippen LogP contribution in [0.5, 0.6) is 0 Å². The quantitative estimate of drug-likeness (QED) is 0.830. The molecule has 2 N–H and O–H groups in total. The summed E-state index contributed by atoms with van der Waals surface area (Å²) in [6.07, 6.45) is 4.51. The van der Waals surface area contributed by atoms with E-state index < -0.39 is 0 Å². The van der Waals surface area contributed by atoms with E-state index in [9.17, 15) is 4.79 Å². The highest BCUT2D eigenvalue weighted by atomic mass is 16.1. The third kappa shape index (κ3) is 1.82. The fourth-order valence-electron chi connectivity index (χ4n) is 2.75. The first kappa shape index (κ1) is 11.4. The Labute approximate surface area is 105 Å². The molecule has 1 aromatic carbocycles. The maximum absolute atomic E-state index is 12.4. The summed E-state index contributed by atoms with van der Waals surface area (Å²) in [6, 6.07) is 6.20. The van der Waals surface area contributed by atoms with Crippen LogP contribution in [-0.2, 0) is 0 Å². The van der Waals surface area contributed by atoms with Crippen LogP contribution in [0.25, 0.3) is 10.9 Å². The van der Waals surface area contributed by atoms with Crippen molar-refractivity contribution in [3.8, 4) is 0 Å². The van der Waals surface area contributed by atoms with E-state index in [2.05, 4.69) is 4.98 Å². The second-order valence-corrected chi connectivity index (χ2v) is 5.20. The Hall–Kier alpha value is -1.68. The van der Waals surface area contributed by atoms with Crippen molar-refractivity contribution < 1.29 is 0 Å². The number of hydrogen-bond acceptors (Lipinski definition) is 3. The van der Waals surface area contributed by atoms with E-state index in [1.165, 1.54) is 0 Å². The predicted molar refractivity (Wildman–Crippen MR) is 71.6 cm³/mol. The second-order valence-electron chi connectivity index (χ2n) is 5.20. The summed E-state index contributed by atoms with van der Waals surface area (Å²) in [4.78, 5) is 16.8. The Morgan fingerprint density at radius 2 is 2.22 bits per heavy atom. The van der Waals surface area contributed by atoms with Crippen LogP contribution in [-0.4, -0.2) is 15.6 Å². The monoisotopic (exact) mass is 243 g/mol. The Balaban J connectivity index is 2.12. The van der Waals surface area contributed by atoms with E-state index in [1.807, 2.05) is 25.1 Å². The van der Waals surface area contributed by atoms with Crippen LogP contribution >= 0.6 is 0 Å². The molecule has 0 amide bonds. The molecule has 4 nitrogen and oxygen atoms in total. The fraction of sp³-hybridized carbons (Fsp3) is 0.429. The summed E-state index contributed by atoms with van der Waals surface area (Å²) in [7, 11) is 0. The molecule has 1 saturated carbocycles. The molecule has 0 radical (unpaired) electrons. The van der Waals surface area contributed by atoms with Gasteiger partial charge in [0.15, 0.2) is 0 Å². The Morgan fingerprint density at radius 3 is 2.94 bits per heavy atom. The van der Waals surface area contributed by atoms with Crippen molar-refractivity contribution in [3.63, 3.8) is 0 Å². The molecule has 3 rings (SSSR count). The third-order valence-corrected chi connectivity index (χ3v) is 3.78. The summed E-state index contributed by atoms with van der Waals surface area (Å²) in [5.74, 6) is 0. The molecule has 1 aromatic heterocycles. The second kappa shape index (κ2) is 4.21. The molecule has 2 aromatic rings. The molecular weight excluding hydrogens is 226 g/mol. The number of rotatable bonds is 1. The molecule has 18 heavy (non-hydrogen) atoms. The molecule has 0 saturated heterocycles. The maximum Gasteiger partial charge on any atom is 0.261 e. The summed E-state index contributed by atoms with van der Waals surface area (Å²) in [5, 5.41) is 0.698. The van der Waals surface area contributed by atoms with Gasteiger partial charge in [0.25, 0.3) is 5.56 Å². The van der Waals surface area contributed by atoms with E-state index in [0.717, 1.165) is 30.3 Å². The summed E-state index contributed by atoms with van der Waals surface area (Å²) in [6.45, 7) is 2.00. The summed E-state index contributed by atoms with van der Waals surface area (Å²) in [5.41, 5.74) is 7.86. The zero-order valence-electron chi connectivity index (χ0n) is 10.5. The van der Waals surface area contributed by atoms with E-state index in [-0.39, 0.29) is 17.6 Å². The van der Waals surface area contributed by atoms with Crippen molar-refractivity contribution >= 4 is 10.9 Å². The number of nitrogens with two attached hydrogens (primary N) is 1. The van der Waals surface area contributed by atoms with Crippen molar-refractivity contribution in [1.29, 1.82) is 0 Å². The number of aromatic nitrogens is 2. The highest BCUT2D eigenvalue weighted by Crippen LogP contribution is 2.27. The van der Waals surface area contributed by atoms with Crippen LogP contribution in [0.4, 0.5) is 0 Å². The van der Waals surface area contributed by atoms with Crippen LogP contribution in [0.3, 0.4) is 0 Å². The minimum Gasteiger partial charge on any atom is -0.328 e. The number of benzene rings is 1. The van der Waals surface area contributed by atoms with Crippen LogP contribution in [0.1, 0.15) is 30.9 Å². The molecule has 1 heterocycles. The smallest absolute Gasteiger partial charge is 0.261 e. The molecule has 1 aliphatic carbocycles. The standard InChI is InChI=1S/C14H17N3O/c1-9-2-5-12-13(6-9)16-8-17(14(12)18)11-4-3-10(15)7-11/h2,5-6,8,10-11H,3-4,7,15H2,1H3/t10-,11-/m1/s1. The normalized spacial score (nSPS) is 23.7. The minimum atomic E-state index is 0.0547. The molecule has 0 aliphatic heterocycles. The lowest BCUT2D eigenvalue weighted by molar-refractivity contribution is 0.491. The lowest BCUT2D eigenvalue weighted by Crippen LogP contribution is -2.25. The summed E-state index contributed by atoms with van der Waals surface area (Å²) < 4.78 is 1.75. The van der Waals surface area contributed by atoms with Gasteiger partial charge in [-0.05, 0) is 43.9 Å². The Morgan fingerprint density at radius 1 is 1.39 bits per heavy atom. The minimum absolute atomic E-state index is 0.0547. The van der Waals surface area contributed by atoms with Crippen LogP contribution in [0.2, 0.25) is 0 Å². The van der Waals surface area contributed by atoms with Gasteiger partial charge < -0.3 is 5.73 Å².